The van der Waals surface area contributed by atoms with E-state index < -0.39 is 0 Å². The SMILES string of the molecule is CCCN1CCC(N(C(=O)c2cn(C)c(=O)c3[nH]c(Cc4cnc(N5CCC(NC(=O)c6cn(C)c(=O)c7[nH]ccc67)CC5)nc4)cc23)C2CC2)CC1. The van der Waals surface area contributed by atoms with E-state index in [9.17, 15) is 19.2 Å². The van der Waals surface area contributed by atoms with Crippen LogP contribution in [0.2, 0.25) is 0 Å². The van der Waals surface area contributed by atoms with Gasteiger partial charge in [-0.15, -0.1) is 0 Å². The van der Waals surface area contributed by atoms with Crippen LogP contribution in [-0.2, 0) is 20.5 Å². The summed E-state index contributed by atoms with van der Waals surface area (Å²) in [5.41, 5.74) is 3.30. The molecule has 0 atom stereocenters. The lowest BCUT2D eigenvalue weighted by molar-refractivity contribution is 0.0550. The fourth-order valence-corrected chi connectivity index (χ4v) is 8.27. The summed E-state index contributed by atoms with van der Waals surface area (Å²) in [6.07, 6.45) is 15.7. The number of aryl methyl sites for hydroxylation is 2. The zero-order valence-electron chi connectivity index (χ0n) is 30.7. The molecule has 2 saturated heterocycles. The zero-order valence-corrected chi connectivity index (χ0v) is 30.7. The molecule has 3 fully saturated rings. The van der Waals surface area contributed by atoms with Crippen molar-refractivity contribution in [3.8, 4) is 0 Å². The van der Waals surface area contributed by atoms with Gasteiger partial charge >= 0.3 is 0 Å². The monoisotopic (exact) mass is 720 g/mol. The highest BCUT2D eigenvalue weighted by molar-refractivity contribution is 6.07. The highest BCUT2D eigenvalue weighted by Gasteiger charge is 2.39. The first-order valence-corrected chi connectivity index (χ1v) is 19.0. The predicted octanol–water partition coefficient (Wildman–Crippen LogP) is 3.31. The number of amides is 2. The van der Waals surface area contributed by atoms with Crippen LogP contribution in [0.3, 0.4) is 0 Å². The normalized spacial score (nSPS) is 17.5. The molecule has 0 aromatic carbocycles. The third-order valence-electron chi connectivity index (χ3n) is 11.3. The number of piperidine rings is 2. The third-order valence-corrected chi connectivity index (χ3v) is 11.3. The molecule has 2 aliphatic heterocycles. The van der Waals surface area contributed by atoms with Crippen molar-refractivity contribution in [3.63, 3.8) is 0 Å². The number of anilines is 1. The minimum absolute atomic E-state index is 0.00841. The Kier molecular flexibility index (Phi) is 9.39. The summed E-state index contributed by atoms with van der Waals surface area (Å²) in [4.78, 5) is 75.5. The second-order valence-electron chi connectivity index (χ2n) is 15.1. The van der Waals surface area contributed by atoms with Gasteiger partial charge in [0.1, 0.15) is 11.0 Å². The lowest BCUT2D eigenvalue weighted by Crippen LogP contribution is -2.48. The number of nitrogens with zero attached hydrogens (tertiary/aromatic N) is 7. The molecular weight excluding hydrogens is 672 g/mol. The smallest absolute Gasteiger partial charge is 0.274 e. The largest absolute Gasteiger partial charge is 0.357 e. The third kappa shape index (κ3) is 6.87. The average Bonchev–Trinajstić information content (AvgIpc) is 3.70. The first kappa shape index (κ1) is 34.8. The van der Waals surface area contributed by atoms with Crippen molar-refractivity contribution in [3.05, 3.63) is 86.2 Å². The van der Waals surface area contributed by atoms with Gasteiger partial charge in [0.15, 0.2) is 0 Å². The van der Waals surface area contributed by atoms with Crippen LogP contribution in [0.5, 0.6) is 0 Å². The van der Waals surface area contributed by atoms with Crippen LogP contribution in [0.15, 0.2) is 52.7 Å². The minimum Gasteiger partial charge on any atom is -0.357 e. The van der Waals surface area contributed by atoms with Gasteiger partial charge in [0.25, 0.3) is 22.9 Å². The maximum absolute atomic E-state index is 14.3. The number of hydrogen-bond acceptors (Lipinski definition) is 8. The van der Waals surface area contributed by atoms with Crippen LogP contribution < -0.4 is 21.3 Å². The summed E-state index contributed by atoms with van der Waals surface area (Å²) in [5.74, 6) is 0.456. The molecule has 0 spiro atoms. The number of pyridine rings is 2. The first-order chi connectivity index (χ1) is 25.7. The molecule has 278 valence electrons. The van der Waals surface area contributed by atoms with Crippen molar-refractivity contribution in [2.24, 2.45) is 14.1 Å². The molecule has 14 heteroatoms. The van der Waals surface area contributed by atoms with E-state index in [0.717, 1.165) is 75.8 Å². The molecule has 3 aliphatic rings. The summed E-state index contributed by atoms with van der Waals surface area (Å²) in [5, 5.41) is 4.44. The Labute approximate surface area is 307 Å². The van der Waals surface area contributed by atoms with Crippen LogP contribution in [0, 0.1) is 0 Å². The molecule has 1 aliphatic carbocycles. The second-order valence-corrected chi connectivity index (χ2v) is 15.1. The summed E-state index contributed by atoms with van der Waals surface area (Å²) in [6, 6.07) is 4.19. The van der Waals surface area contributed by atoms with Crippen molar-refractivity contribution in [1.29, 1.82) is 0 Å². The molecule has 2 amide bonds. The van der Waals surface area contributed by atoms with Crippen molar-refractivity contribution in [2.75, 3.05) is 37.6 Å². The van der Waals surface area contributed by atoms with Crippen molar-refractivity contribution < 1.29 is 9.59 Å². The lowest BCUT2D eigenvalue weighted by Gasteiger charge is -2.39. The fraction of sp³-hybridized carbons (Fsp3) is 0.487. The van der Waals surface area contributed by atoms with Gasteiger partial charge < -0.3 is 39.1 Å². The Morgan fingerprint density at radius 1 is 0.868 bits per heavy atom. The van der Waals surface area contributed by atoms with Gasteiger partial charge in [-0.05, 0) is 69.2 Å². The fourth-order valence-electron chi connectivity index (χ4n) is 8.27. The van der Waals surface area contributed by atoms with Crippen LogP contribution in [0.1, 0.15) is 83.8 Å². The van der Waals surface area contributed by atoms with E-state index in [0.29, 0.717) is 58.4 Å². The highest BCUT2D eigenvalue weighted by atomic mass is 16.2. The van der Waals surface area contributed by atoms with Crippen LogP contribution in [-0.4, -0.2) is 102 Å². The molecule has 0 radical (unpaired) electrons. The Hall–Kier alpha value is -5.24. The molecule has 1 saturated carbocycles. The van der Waals surface area contributed by atoms with Gasteiger partial charge in [-0.2, -0.15) is 0 Å². The summed E-state index contributed by atoms with van der Waals surface area (Å²) < 4.78 is 2.94. The van der Waals surface area contributed by atoms with Crippen LogP contribution in [0.25, 0.3) is 21.8 Å². The Morgan fingerprint density at radius 3 is 2.21 bits per heavy atom. The minimum atomic E-state index is -0.195. The van der Waals surface area contributed by atoms with Crippen LogP contribution >= 0.6 is 0 Å². The number of rotatable bonds is 10. The number of H-pyrrole nitrogens is 2. The Morgan fingerprint density at radius 2 is 1.53 bits per heavy atom. The van der Waals surface area contributed by atoms with E-state index in [-0.39, 0.29) is 41.1 Å². The average molecular weight is 721 g/mol. The number of carbonyl (C=O) groups excluding carboxylic acids is 2. The standard InChI is InChI=1S/C39H48N10O4/c1-4-13-47-14-10-28(11-15-47)49(27-5-6-27)36(51)32-23-46(3)38(53)34-30(32)19-26(43-34)18-24-20-41-39(42-21-24)48-16-8-25(9-17-48)44-35(50)31-22-45(2)37(52)33-29(31)7-12-40-33/h7,12,19-23,25,27-28,40,43H,4-6,8-11,13-18H2,1-3H3,(H,44,50). The number of aromatic amines is 2. The highest BCUT2D eigenvalue weighted by Crippen LogP contribution is 2.34. The van der Waals surface area contributed by atoms with E-state index in [1.165, 1.54) is 9.13 Å². The maximum Gasteiger partial charge on any atom is 0.274 e. The number of nitrogens with one attached hydrogen (secondary N) is 3. The summed E-state index contributed by atoms with van der Waals surface area (Å²) in [7, 11) is 3.35. The molecule has 8 rings (SSSR count). The maximum atomic E-state index is 14.3. The van der Waals surface area contributed by atoms with Crippen LogP contribution in [0.4, 0.5) is 5.95 Å². The summed E-state index contributed by atoms with van der Waals surface area (Å²) >= 11 is 0. The molecule has 5 aromatic rings. The topological polar surface area (TPSA) is 157 Å². The van der Waals surface area contributed by atoms with Crippen molar-refractivity contribution in [1.82, 2.24) is 44.2 Å². The van der Waals surface area contributed by atoms with Gasteiger partial charge in [-0.1, -0.05) is 6.92 Å². The Balaban J connectivity index is 0.922. The zero-order chi connectivity index (χ0) is 36.8. The molecule has 0 bridgehead atoms. The molecule has 3 N–H and O–H groups in total. The van der Waals surface area contributed by atoms with Crippen molar-refractivity contribution in [2.45, 2.75) is 76.4 Å². The predicted molar refractivity (Wildman–Crippen MR) is 204 cm³/mol. The number of hydrogen-bond donors (Lipinski definition) is 3. The lowest BCUT2D eigenvalue weighted by atomic mass is 10.0. The van der Waals surface area contributed by atoms with E-state index in [2.05, 4.69) is 46.9 Å². The van der Waals surface area contributed by atoms with E-state index in [4.69, 9.17) is 0 Å². The molecule has 7 heterocycles. The molecule has 53 heavy (non-hydrogen) atoms. The summed E-state index contributed by atoms with van der Waals surface area (Å²) in [6.45, 7) is 6.72. The quantitative estimate of drug-likeness (QED) is 0.199. The molecule has 14 nitrogen and oxygen atoms in total. The molecular formula is C39H48N10O4. The van der Waals surface area contributed by atoms with Gasteiger partial charge in [0.05, 0.1) is 11.1 Å². The van der Waals surface area contributed by atoms with E-state index in [1.807, 2.05) is 18.5 Å². The number of likely N-dealkylation sites (tertiary alicyclic amines) is 1. The van der Waals surface area contributed by atoms with Crippen molar-refractivity contribution >= 4 is 39.6 Å². The van der Waals surface area contributed by atoms with Gasteiger partial charge in [0.2, 0.25) is 5.95 Å². The number of fused-ring (bicyclic) bond motifs is 2. The second kappa shape index (κ2) is 14.3. The van der Waals surface area contributed by atoms with Gasteiger partial charge in [-0.3, -0.25) is 19.2 Å². The van der Waals surface area contributed by atoms with E-state index >= 15 is 0 Å². The number of aromatic nitrogens is 6. The molecule has 5 aromatic heterocycles. The first-order valence-electron chi connectivity index (χ1n) is 19.0. The van der Waals surface area contributed by atoms with Gasteiger partial charge in [-0.25, -0.2) is 9.97 Å². The van der Waals surface area contributed by atoms with Gasteiger partial charge in [0, 0.05) is 112 Å². The number of carbonyl (C=O) groups is 2. The Bertz CT molecular complexity index is 2270. The molecule has 0 unspecified atom stereocenters. The van der Waals surface area contributed by atoms with E-state index in [1.54, 1.807) is 38.8 Å².